The minimum absolute atomic E-state index is 0.595. The third kappa shape index (κ3) is 3.17. The van der Waals surface area contributed by atoms with Gasteiger partial charge in [-0.15, -0.1) is 0 Å². The van der Waals surface area contributed by atoms with Crippen LogP contribution in [0.4, 0.5) is 0 Å². The number of rotatable bonds is 6. The first-order valence-electron chi connectivity index (χ1n) is 10.4. The lowest BCUT2D eigenvalue weighted by atomic mass is 9.75. The van der Waals surface area contributed by atoms with E-state index in [-0.39, 0.29) is 0 Å². The standard InChI is InChI=1S/C22H30N4O/c1-27-19-6-2-5-18(15-19)20-16-25(10-4-12-26-11-3-9-23-26)21-17-7-13-24(14-8-17)22(20)21/h2-3,5-6,9,11,15,17,20-22H,4,7-8,10,12-14,16H2,1H3/t20-,21+,22+/m0/s1. The second-order valence-corrected chi connectivity index (χ2v) is 8.36. The molecule has 1 aromatic carbocycles. The van der Waals surface area contributed by atoms with E-state index in [1.807, 2.05) is 12.3 Å². The van der Waals surface area contributed by atoms with Crippen molar-refractivity contribution in [1.82, 2.24) is 19.6 Å². The Labute approximate surface area is 161 Å². The average molecular weight is 367 g/mol. The highest BCUT2D eigenvalue weighted by Gasteiger charge is 2.52. The molecule has 4 aliphatic heterocycles. The molecule has 3 atom stereocenters. The summed E-state index contributed by atoms with van der Waals surface area (Å²) in [6.45, 7) is 5.93. The summed E-state index contributed by atoms with van der Waals surface area (Å²) in [5.74, 6) is 2.45. The van der Waals surface area contributed by atoms with Crippen LogP contribution in [0.25, 0.3) is 0 Å². The quantitative estimate of drug-likeness (QED) is 0.787. The first-order chi connectivity index (χ1) is 13.3. The van der Waals surface area contributed by atoms with E-state index in [9.17, 15) is 0 Å². The number of aryl methyl sites for hydroxylation is 1. The van der Waals surface area contributed by atoms with Gasteiger partial charge in [-0.25, -0.2) is 0 Å². The van der Waals surface area contributed by atoms with Crippen molar-refractivity contribution in [2.24, 2.45) is 5.92 Å². The first-order valence-corrected chi connectivity index (χ1v) is 10.4. The number of ether oxygens (including phenoxy) is 1. The van der Waals surface area contributed by atoms with Crippen LogP contribution in [0.3, 0.4) is 0 Å². The number of methoxy groups -OCH3 is 1. The SMILES string of the molecule is COc1cccc([C@@H]2CN(CCCn3cccn3)[C@@H]3C4CCN(CC4)[C@@H]32)c1. The molecule has 6 rings (SSSR count). The highest BCUT2D eigenvalue weighted by Crippen LogP contribution is 2.46. The van der Waals surface area contributed by atoms with Crippen LogP contribution in [-0.4, -0.2) is 65.0 Å². The largest absolute Gasteiger partial charge is 0.497 e. The monoisotopic (exact) mass is 366 g/mol. The molecular formula is C22H30N4O. The molecule has 4 aliphatic rings. The van der Waals surface area contributed by atoms with Crippen LogP contribution in [0, 0.1) is 5.92 Å². The normalized spacial score (nSPS) is 32.6. The van der Waals surface area contributed by atoms with Gasteiger partial charge in [0.1, 0.15) is 5.75 Å². The highest BCUT2D eigenvalue weighted by molar-refractivity contribution is 5.34. The third-order valence-corrected chi connectivity index (χ3v) is 7.01. The fraction of sp³-hybridized carbons (Fsp3) is 0.591. The summed E-state index contributed by atoms with van der Waals surface area (Å²) >= 11 is 0. The number of fused-ring (bicyclic) bond motifs is 2. The molecule has 144 valence electrons. The zero-order valence-electron chi connectivity index (χ0n) is 16.2. The molecule has 0 unspecified atom stereocenters. The number of likely N-dealkylation sites (tertiary alicyclic amines) is 1. The van der Waals surface area contributed by atoms with E-state index in [4.69, 9.17) is 4.74 Å². The second-order valence-electron chi connectivity index (χ2n) is 8.36. The smallest absolute Gasteiger partial charge is 0.119 e. The Balaban J connectivity index is 1.36. The van der Waals surface area contributed by atoms with Crippen LogP contribution in [0.15, 0.2) is 42.7 Å². The first kappa shape index (κ1) is 17.3. The van der Waals surface area contributed by atoms with Crippen LogP contribution < -0.4 is 4.74 Å². The Hall–Kier alpha value is -1.85. The van der Waals surface area contributed by atoms with E-state index < -0.39 is 0 Å². The molecule has 2 aromatic rings. The molecule has 5 heterocycles. The molecule has 0 aliphatic carbocycles. The van der Waals surface area contributed by atoms with Gasteiger partial charge in [0, 0.05) is 50.0 Å². The lowest BCUT2D eigenvalue weighted by molar-refractivity contribution is -0.00698. The lowest BCUT2D eigenvalue weighted by Crippen LogP contribution is -2.60. The molecule has 0 N–H and O–H groups in total. The maximum Gasteiger partial charge on any atom is 0.119 e. The lowest BCUT2D eigenvalue weighted by Gasteiger charge is -2.51. The zero-order chi connectivity index (χ0) is 18.2. The molecule has 2 bridgehead atoms. The maximum atomic E-state index is 5.51. The van der Waals surface area contributed by atoms with Gasteiger partial charge in [0.2, 0.25) is 0 Å². The molecule has 0 radical (unpaired) electrons. The van der Waals surface area contributed by atoms with Crippen molar-refractivity contribution in [2.75, 3.05) is 33.3 Å². The van der Waals surface area contributed by atoms with Crippen molar-refractivity contribution < 1.29 is 4.74 Å². The topological polar surface area (TPSA) is 33.5 Å². The molecule has 0 amide bonds. The van der Waals surface area contributed by atoms with E-state index >= 15 is 0 Å². The summed E-state index contributed by atoms with van der Waals surface area (Å²) in [6, 6.07) is 12.2. The number of aromatic nitrogens is 2. The Bertz CT molecular complexity index is 753. The van der Waals surface area contributed by atoms with Gasteiger partial charge in [0.05, 0.1) is 7.11 Å². The molecule has 0 spiro atoms. The van der Waals surface area contributed by atoms with Crippen molar-refractivity contribution in [3.63, 3.8) is 0 Å². The van der Waals surface area contributed by atoms with E-state index in [1.54, 1.807) is 7.11 Å². The fourth-order valence-corrected chi connectivity index (χ4v) is 5.83. The molecule has 1 aromatic heterocycles. The van der Waals surface area contributed by atoms with Gasteiger partial charge in [-0.05, 0) is 62.0 Å². The van der Waals surface area contributed by atoms with Crippen molar-refractivity contribution in [3.05, 3.63) is 48.3 Å². The average Bonchev–Trinajstić information content (AvgIpc) is 3.38. The molecule has 4 saturated heterocycles. The number of piperidine rings is 3. The van der Waals surface area contributed by atoms with Crippen LogP contribution in [-0.2, 0) is 6.54 Å². The summed E-state index contributed by atoms with van der Waals surface area (Å²) in [6.07, 6.45) is 7.87. The summed E-state index contributed by atoms with van der Waals surface area (Å²) in [7, 11) is 1.77. The minimum Gasteiger partial charge on any atom is -0.497 e. The van der Waals surface area contributed by atoms with Gasteiger partial charge in [-0.3, -0.25) is 14.5 Å². The molecular weight excluding hydrogens is 336 g/mol. The van der Waals surface area contributed by atoms with Crippen LogP contribution >= 0.6 is 0 Å². The van der Waals surface area contributed by atoms with Gasteiger partial charge in [-0.2, -0.15) is 5.10 Å². The number of benzene rings is 1. The van der Waals surface area contributed by atoms with Crippen molar-refractivity contribution in [2.45, 2.75) is 43.8 Å². The Morgan fingerprint density at radius 3 is 2.78 bits per heavy atom. The van der Waals surface area contributed by atoms with Gasteiger partial charge >= 0.3 is 0 Å². The van der Waals surface area contributed by atoms with Crippen LogP contribution in [0.5, 0.6) is 5.75 Å². The van der Waals surface area contributed by atoms with E-state index in [2.05, 4.69) is 50.0 Å². The summed E-state index contributed by atoms with van der Waals surface area (Å²) in [5, 5.41) is 4.36. The van der Waals surface area contributed by atoms with Crippen LogP contribution in [0.1, 0.15) is 30.7 Å². The van der Waals surface area contributed by atoms with E-state index in [0.29, 0.717) is 12.0 Å². The van der Waals surface area contributed by atoms with E-state index in [1.165, 1.54) is 51.0 Å². The molecule has 27 heavy (non-hydrogen) atoms. The summed E-state index contributed by atoms with van der Waals surface area (Å²) < 4.78 is 7.57. The van der Waals surface area contributed by atoms with Crippen molar-refractivity contribution in [3.8, 4) is 5.75 Å². The zero-order valence-corrected chi connectivity index (χ0v) is 16.2. The van der Waals surface area contributed by atoms with Crippen molar-refractivity contribution in [1.29, 1.82) is 0 Å². The summed E-state index contributed by atoms with van der Waals surface area (Å²) in [4.78, 5) is 5.58. The van der Waals surface area contributed by atoms with Gasteiger partial charge in [0.15, 0.2) is 0 Å². The summed E-state index contributed by atoms with van der Waals surface area (Å²) in [5.41, 5.74) is 1.45. The maximum absolute atomic E-state index is 5.51. The number of nitrogens with zero attached hydrogens (tertiary/aromatic N) is 4. The van der Waals surface area contributed by atoms with Crippen LogP contribution in [0.2, 0.25) is 0 Å². The fourth-order valence-electron chi connectivity index (χ4n) is 5.83. The Kier molecular flexibility index (Phi) is 4.66. The van der Waals surface area contributed by atoms with Gasteiger partial charge in [-0.1, -0.05) is 12.1 Å². The molecule has 4 fully saturated rings. The highest BCUT2D eigenvalue weighted by atomic mass is 16.5. The molecule has 5 heteroatoms. The van der Waals surface area contributed by atoms with E-state index in [0.717, 1.165) is 24.3 Å². The Morgan fingerprint density at radius 1 is 1.11 bits per heavy atom. The predicted octanol–water partition coefficient (Wildman–Crippen LogP) is 2.84. The number of hydrogen-bond acceptors (Lipinski definition) is 4. The predicted molar refractivity (Wildman–Crippen MR) is 106 cm³/mol. The minimum atomic E-state index is 0.595. The molecule has 0 saturated carbocycles. The Morgan fingerprint density at radius 2 is 2.00 bits per heavy atom. The van der Waals surface area contributed by atoms with Gasteiger partial charge in [0.25, 0.3) is 0 Å². The second kappa shape index (κ2) is 7.28. The van der Waals surface area contributed by atoms with Gasteiger partial charge < -0.3 is 4.74 Å². The number of hydrogen-bond donors (Lipinski definition) is 0. The third-order valence-electron chi connectivity index (χ3n) is 7.01. The van der Waals surface area contributed by atoms with Crippen molar-refractivity contribution >= 4 is 0 Å². The molecule has 5 nitrogen and oxygen atoms in total.